The number of rotatable bonds is 8. The molecule has 0 N–H and O–H groups in total. The highest BCUT2D eigenvalue weighted by molar-refractivity contribution is 5.84. The van der Waals surface area contributed by atoms with Gasteiger partial charge in [-0.05, 0) is 92.2 Å². The molecule has 2 aromatic heterocycles. The zero-order chi connectivity index (χ0) is 23.5. The van der Waals surface area contributed by atoms with Crippen molar-refractivity contribution in [2.24, 2.45) is 5.18 Å². The fraction of sp³-hybridized carbons (Fsp3) is 0.250. The van der Waals surface area contributed by atoms with Crippen molar-refractivity contribution in [2.75, 3.05) is 27.2 Å². The standard InChI is InChI=1S/C28H27N3O3/c1-31(2)15-16-33-23-7-3-20(4-8-23)27-18-25(19-11-13-29-14-12-19)28(34-27)22-5-9-24-21(17-22)6-10-26(24)30-32/h3-5,7-9,11-14,17-18,26H,6,10,15-16H2,1-2H3. The second-order valence-electron chi connectivity index (χ2n) is 8.84. The number of benzene rings is 2. The molecule has 0 aliphatic heterocycles. The largest absolute Gasteiger partial charge is 0.492 e. The Morgan fingerprint density at radius 2 is 1.76 bits per heavy atom. The van der Waals surface area contributed by atoms with Gasteiger partial charge in [-0.25, -0.2) is 0 Å². The molecule has 0 saturated heterocycles. The van der Waals surface area contributed by atoms with E-state index in [2.05, 4.69) is 27.2 Å². The molecule has 6 heteroatoms. The number of nitroso groups, excluding NO2 is 1. The van der Waals surface area contributed by atoms with Crippen LogP contribution in [-0.4, -0.2) is 37.1 Å². The van der Waals surface area contributed by atoms with Crippen LogP contribution in [0.3, 0.4) is 0 Å². The van der Waals surface area contributed by atoms with Gasteiger partial charge in [0.1, 0.15) is 29.9 Å². The molecule has 1 aliphatic rings. The molecule has 0 radical (unpaired) electrons. The summed E-state index contributed by atoms with van der Waals surface area (Å²) in [6, 6.07) is 20.0. The summed E-state index contributed by atoms with van der Waals surface area (Å²) < 4.78 is 12.3. The summed E-state index contributed by atoms with van der Waals surface area (Å²) in [6.07, 6.45) is 5.20. The molecule has 0 fully saturated rings. The van der Waals surface area contributed by atoms with Crippen molar-refractivity contribution in [1.82, 2.24) is 9.88 Å². The molecule has 1 aliphatic carbocycles. The van der Waals surface area contributed by atoms with Crippen LogP contribution in [0.4, 0.5) is 0 Å². The summed E-state index contributed by atoms with van der Waals surface area (Å²) in [7, 11) is 4.06. The van der Waals surface area contributed by atoms with E-state index in [1.165, 1.54) is 5.56 Å². The van der Waals surface area contributed by atoms with Crippen molar-refractivity contribution in [3.8, 4) is 39.5 Å². The number of nitrogens with zero attached hydrogens (tertiary/aromatic N) is 3. The number of hydrogen-bond acceptors (Lipinski definition) is 6. The first kappa shape index (κ1) is 22.0. The Morgan fingerprint density at radius 1 is 1.00 bits per heavy atom. The van der Waals surface area contributed by atoms with Crippen molar-refractivity contribution in [2.45, 2.75) is 18.9 Å². The van der Waals surface area contributed by atoms with E-state index >= 15 is 0 Å². The molecule has 0 saturated carbocycles. The van der Waals surface area contributed by atoms with Gasteiger partial charge in [-0.3, -0.25) is 4.98 Å². The zero-order valence-electron chi connectivity index (χ0n) is 19.4. The van der Waals surface area contributed by atoms with Crippen LogP contribution in [0.25, 0.3) is 33.8 Å². The van der Waals surface area contributed by atoms with E-state index in [0.29, 0.717) is 6.61 Å². The van der Waals surface area contributed by atoms with Crippen molar-refractivity contribution in [3.63, 3.8) is 0 Å². The summed E-state index contributed by atoms with van der Waals surface area (Å²) >= 11 is 0. The van der Waals surface area contributed by atoms with Gasteiger partial charge in [0.25, 0.3) is 0 Å². The molecule has 1 atom stereocenters. The Bertz CT molecular complexity index is 1280. The van der Waals surface area contributed by atoms with Gasteiger partial charge in [0, 0.05) is 35.6 Å². The average molecular weight is 454 g/mol. The smallest absolute Gasteiger partial charge is 0.142 e. The van der Waals surface area contributed by atoms with Gasteiger partial charge >= 0.3 is 0 Å². The van der Waals surface area contributed by atoms with E-state index in [1.54, 1.807) is 12.4 Å². The molecule has 4 aromatic rings. The van der Waals surface area contributed by atoms with Gasteiger partial charge in [0.05, 0.1) is 0 Å². The van der Waals surface area contributed by atoms with Crippen molar-refractivity contribution in [3.05, 3.63) is 89.1 Å². The van der Waals surface area contributed by atoms with E-state index < -0.39 is 0 Å². The third-order valence-corrected chi connectivity index (χ3v) is 6.25. The lowest BCUT2D eigenvalue weighted by Crippen LogP contribution is -2.19. The number of ether oxygens (including phenoxy) is 1. The van der Waals surface area contributed by atoms with E-state index in [-0.39, 0.29) is 6.04 Å². The Labute approximate surface area is 199 Å². The van der Waals surface area contributed by atoms with Gasteiger partial charge < -0.3 is 14.1 Å². The minimum Gasteiger partial charge on any atom is -0.492 e. The first-order chi connectivity index (χ1) is 16.6. The molecule has 1 unspecified atom stereocenters. The first-order valence-corrected chi connectivity index (χ1v) is 11.5. The molecule has 6 nitrogen and oxygen atoms in total. The summed E-state index contributed by atoms with van der Waals surface area (Å²) in [4.78, 5) is 17.4. The van der Waals surface area contributed by atoms with Gasteiger partial charge in [0.15, 0.2) is 0 Å². The van der Waals surface area contributed by atoms with Crippen LogP contribution in [0.1, 0.15) is 23.6 Å². The highest BCUT2D eigenvalue weighted by Crippen LogP contribution is 2.42. The van der Waals surface area contributed by atoms with Crippen LogP contribution >= 0.6 is 0 Å². The number of fused-ring (bicyclic) bond motifs is 1. The molecule has 0 spiro atoms. The van der Waals surface area contributed by atoms with E-state index in [0.717, 1.165) is 64.5 Å². The fourth-order valence-corrected chi connectivity index (χ4v) is 4.40. The molecular formula is C28H27N3O3. The van der Waals surface area contributed by atoms with Gasteiger partial charge in [-0.15, -0.1) is 0 Å². The maximum Gasteiger partial charge on any atom is 0.142 e. The number of hydrogen-bond donors (Lipinski definition) is 0. The summed E-state index contributed by atoms with van der Waals surface area (Å²) in [5.74, 6) is 2.43. The number of likely N-dealkylation sites (N-methyl/N-ethyl adjacent to an activating group) is 1. The lowest BCUT2D eigenvalue weighted by Gasteiger charge is -2.11. The number of pyridine rings is 1. The van der Waals surface area contributed by atoms with E-state index in [1.807, 2.05) is 62.6 Å². The molecule has 2 aromatic carbocycles. The van der Waals surface area contributed by atoms with Gasteiger partial charge in [-0.2, -0.15) is 4.91 Å². The van der Waals surface area contributed by atoms with Crippen molar-refractivity contribution >= 4 is 0 Å². The second-order valence-corrected chi connectivity index (χ2v) is 8.84. The van der Waals surface area contributed by atoms with Crippen LogP contribution in [0, 0.1) is 4.91 Å². The molecule has 0 bridgehead atoms. The maximum absolute atomic E-state index is 11.2. The molecule has 34 heavy (non-hydrogen) atoms. The van der Waals surface area contributed by atoms with Crippen LogP contribution in [0.15, 0.2) is 82.7 Å². The molecule has 0 amide bonds. The minimum absolute atomic E-state index is 0.241. The average Bonchev–Trinajstić information content (AvgIpc) is 3.49. The Kier molecular flexibility index (Phi) is 6.23. The minimum atomic E-state index is -0.241. The summed E-state index contributed by atoms with van der Waals surface area (Å²) in [6.45, 7) is 1.51. The normalized spacial score (nSPS) is 14.9. The Balaban J connectivity index is 1.49. The molecule has 5 rings (SSSR count). The third-order valence-electron chi connectivity index (χ3n) is 6.25. The van der Waals surface area contributed by atoms with Crippen molar-refractivity contribution in [1.29, 1.82) is 0 Å². The van der Waals surface area contributed by atoms with Crippen LogP contribution in [0.5, 0.6) is 5.75 Å². The number of furan rings is 1. The highest BCUT2D eigenvalue weighted by Gasteiger charge is 2.25. The Hall–Kier alpha value is -3.77. The summed E-state index contributed by atoms with van der Waals surface area (Å²) in [5.41, 5.74) is 6.21. The highest BCUT2D eigenvalue weighted by atomic mass is 16.5. The predicted molar refractivity (Wildman–Crippen MR) is 134 cm³/mol. The second kappa shape index (κ2) is 9.61. The van der Waals surface area contributed by atoms with Crippen LogP contribution < -0.4 is 4.74 Å². The van der Waals surface area contributed by atoms with Gasteiger partial charge in [0.2, 0.25) is 0 Å². The summed E-state index contributed by atoms with van der Waals surface area (Å²) in [5, 5.41) is 3.28. The predicted octanol–water partition coefficient (Wildman–Crippen LogP) is 6.37. The third kappa shape index (κ3) is 4.50. The van der Waals surface area contributed by atoms with Crippen LogP contribution in [-0.2, 0) is 6.42 Å². The van der Waals surface area contributed by atoms with E-state index in [4.69, 9.17) is 9.15 Å². The zero-order valence-corrected chi connectivity index (χ0v) is 19.4. The lowest BCUT2D eigenvalue weighted by atomic mass is 9.99. The Morgan fingerprint density at radius 3 is 2.50 bits per heavy atom. The van der Waals surface area contributed by atoms with Crippen LogP contribution in [0.2, 0.25) is 0 Å². The maximum atomic E-state index is 11.2. The van der Waals surface area contributed by atoms with Crippen molar-refractivity contribution < 1.29 is 9.15 Å². The molecular weight excluding hydrogens is 426 g/mol. The lowest BCUT2D eigenvalue weighted by molar-refractivity contribution is 0.261. The quantitative estimate of drug-likeness (QED) is 0.290. The molecule has 2 heterocycles. The number of aryl methyl sites for hydroxylation is 1. The SMILES string of the molecule is CN(C)CCOc1ccc(-c2cc(-c3ccncc3)c(-c3ccc4c(c3)CCC4N=O)o2)cc1. The topological polar surface area (TPSA) is 67.9 Å². The number of aromatic nitrogens is 1. The molecule has 172 valence electrons. The van der Waals surface area contributed by atoms with Gasteiger partial charge in [-0.1, -0.05) is 17.3 Å². The first-order valence-electron chi connectivity index (χ1n) is 11.5. The monoisotopic (exact) mass is 453 g/mol. The fourth-order valence-electron chi connectivity index (χ4n) is 4.40. The van der Waals surface area contributed by atoms with E-state index in [9.17, 15) is 4.91 Å².